The number of nitrogens with two attached hydrogens (primary N) is 1. The zero-order valence-corrected chi connectivity index (χ0v) is 13.2. The molecule has 0 unspecified atom stereocenters. The third kappa shape index (κ3) is 4.00. The molecule has 0 saturated carbocycles. The average Bonchev–Trinajstić information content (AvgIpc) is 2.44. The molecule has 4 nitrogen and oxygen atoms in total. The van der Waals surface area contributed by atoms with E-state index in [4.69, 9.17) is 10.5 Å². The molecule has 1 saturated heterocycles. The summed E-state index contributed by atoms with van der Waals surface area (Å²) in [7, 11) is 4.17. The van der Waals surface area contributed by atoms with Crippen molar-refractivity contribution in [2.75, 3.05) is 51.0 Å². The second-order valence-corrected chi connectivity index (χ2v) is 5.90. The first kappa shape index (κ1) is 15.9. The number of rotatable bonds is 5. The number of piperidine rings is 1. The van der Waals surface area contributed by atoms with Crippen LogP contribution in [0.1, 0.15) is 19.8 Å². The Balaban J connectivity index is 2.07. The van der Waals surface area contributed by atoms with Crippen LogP contribution >= 0.6 is 0 Å². The molecule has 0 atom stereocenters. The van der Waals surface area contributed by atoms with E-state index in [1.165, 1.54) is 18.9 Å². The number of hydrogen-bond acceptors (Lipinski definition) is 4. The maximum absolute atomic E-state index is 13.8. The lowest BCUT2D eigenvalue weighted by Crippen LogP contribution is -2.35. The first-order valence-electron chi connectivity index (χ1n) is 7.62. The van der Waals surface area contributed by atoms with E-state index in [1.807, 2.05) is 14.0 Å². The maximum atomic E-state index is 13.8. The van der Waals surface area contributed by atoms with Gasteiger partial charge in [-0.25, -0.2) is 4.39 Å². The molecule has 1 fully saturated rings. The number of nitrogens with zero attached hydrogens (tertiary/aromatic N) is 2. The molecule has 0 aromatic heterocycles. The smallest absolute Gasteiger partial charge is 0.167 e. The van der Waals surface area contributed by atoms with Crippen molar-refractivity contribution in [3.05, 3.63) is 17.9 Å². The molecule has 0 amide bonds. The summed E-state index contributed by atoms with van der Waals surface area (Å²) in [5.41, 5.74) is 7.28. The van der Waals surface area contributed by atoms with Gasteiger partial charge in [-0.15, -0.1) is 0 Å². The monoisotopic (exact) mass is 295 g/mol. The lowest BCUT2D eigenvalue weighted by molar-refractivity contribution is 0.222. The van der Waals surface area contributed by atoms with Crippen molar-refractivity contribution >= 4 is 11.4 Å². The Bertz CT molecular complexity index is 473. The van der Waals surface area contributed by atoms with E-state index in [2.05, 4.69) is 16.8 Å². The first-order chi connectivity index (χ1) is 10.0. The molecule has 5 heteroatoms. The van der Waals surface area contributed by atoms with Crippen LogP contribution in [0.4, 0.5) is 15.8 Å². The van der Waals surface area contributed by atoms with Crippen LogP contribution in [-0.2, 0) is 0 Å². The highest BCUT2D eigenvalue weighted by Gasteiger charge is 2.20. The summed E-state index contributed by atoms with van der Waals surface area (Å²) >= 11 is 0. The Hall–Kier alpha value is -1.49. The molecule has 0 spiro atoms. The molecule has 118 valence electrons. The predicted octanol–water partition coefficient (Wildman–Crippen LogP) is 2.58. The second kappa shape index (κ2) is 6.98. The van der Waals surface area contributed by atoms with E-state index in [0.29, 0.717) is 18.2 Å². The molecule has 1 aliphatic rings. The molecule has 0 bridgehead atoms. The van der Waals surface area contributed by atoms with Gasteiger partial charge in [0, 0.05) is 25.7 Å². The third-order valence-corrected chi connectivity index (χ3v) is 4.16. The van der Waals surface area contributed by atoms with Gasteiger partial charge in [0.05, 0.1) is 18.0 Å². The number of anilines is 2. The zero-order valence-electron chi connectivity index (χ0n) is 13.2. The highest BCUT2D eigenvalue weighted by molar-refractivity contribution is 5.69. The fourth-order valence-corrected chi connectivity index (χ4v) is 2.89. The fraction of sp³-hybridized carbons (Fsp3) is 0.625. The number of nitrogen functional groups attached to an aromatic ring is 1. The van der Waals surface area contributed by atoms with Gasteiger partial charge in [-0.3, -0.25) is 0 Å². The molecule has 0 aliphatic carbocycles. The van der Waals surface area contributed by atoms with Crippen molar-refractivity contribution < 1.29 is 9.13 Å². The second-order valence-electron chi connectivity index (χ2n) is 5.90. The molecular weight excluding hydrogens is 269 g/mol. The van der Waals surface area contributed by atoms with Crippen molar-refractivity contribution in [3.63, 3.8) is 0 Å². The summed E-state index contributed by atoms with van der Waals surface area (Å²) in [6.45, 7) is 5.51. The normalized spacial score (nSPS) is 17.0. The Kier molecular flexibility index (Phi) is 5.28. The minimum atomic E-state index is -0.397. The number of halogens is 1. The van der Waals surface area contributed by atoms with E-state index in [-0.39, 0.29) is 5.75 Å². The average molecular weight is 295 g/mol. The molecule has 1 heterocycles. The Morgan fingerprint density at radius 2 is 2.05 bits per heavy atom. The van der Waals surface area contributed by atoms with Gasteiger partial charge in [0.2, 0.25) is 0 Å². The van der Waals surface area contributed by atoms with E-state index in [0.717, 1.165) is 25.3 Å². The van der Waals surface area contributed by atoms with Crippen molar-refractivity contribution in [2.45, 2.75) is 19.8 Å². The molecule has 1 aliphatic heterocycles. The van der Waals surface area contributed by atoms with Crippen molar-refractivity contribution in [3.8, 4) is 5.75 Å². The number of benzene rings is 1. The minimum absolute atomic E-state index is 0.275. The molecule has 1 aromatic carbocycles. The number of hydrogen-bond donors (Lipinski definition) is 1. The fourth-order valence-electron chi connectivity index (χ4n) is 2.89. The Morgan fingerprint density at radius 3 is 2.67 bits per heavy atom. The summed E-state index contributed by atoms with van der Waals surface area (Å²) < 4.78 is 19.1. The van der Waals surface area contributed by atoms with Gasteiger partial charge < -0.3 is 20.3 Å². The number of ether oxygens (including phenoxy) is 1. The molecule has 2 N–H and O–H groups in total. The molecule has 21 heavy (non-hydrogen) atoms. The predicted molar refractivity (Wildman–Crippen MR) is 85.5 cm³/mol. The van der Waals surface area contributed by atoms with Gasteiger partial charge in [0.1, 0.15) is 0 Å². The van der Waals surface area contributed by atoms with E-state index in [9.17, 15) is 4.39 Å². The van der Waals surface area contributed by atoms with Gasteiger partial charge in [0.25, 0.3) is 0 Å². The van der Waals surface area contributed by atoms with Crippen LogP contribution in [0, 0.1) is 11.7 Å². The summed E-state index contributed by atoms with van der Waals surface area (Å²) in [5, 5.41) is 0. The Labute approximate surface area is 126 Å². The third-order valence-electron chi connectivity index (χ3n) is 4.16. The zero-order chi connectivity index (χ0) is 15.4. The van der Waals surface area contributed by atoms with E-state index >= 15 is 0 Å². The largest absolute Gasteiger partial charge is 0.491 e. The highest BCUT2D eigenvalue weighted by Crippen LogP contribution is 2.31. The van der Waals surface area contributed by atoms with Crippen LogP contribution < -0.4 is 15.4 Å². The van der Waals surface area contributed by atoms with Gasteiger partial charge in [-0.1, -0.05) is 0 Å². The van der Waals surface area contributed by atoms with Crippen molar-refractivity contribution in [2.24, 2.45) is 5.92 Å². The molecule has 0 radical (unpaired) electrons. The highest BCUT2D eigenvalue weighted by atomic mass is 19.1. The molecular formula is C16H26FN3O. The Morgan fingerprint density at radius 1 is 1.38 bits per heavy atom. The topological polar surface area (TPSA) is 41.7 Å². The van der Waals surface area contributed by atoms with Crippen molar-refractivity contribution in [1.82, 2.24) is 4.90 Å². The maximum Gasteiger partial charge on any atom is 0.167 e. The van der Waals surface area contributed by atoms with Crippen LogP contribution in [0.25, 0.3) is 0 Å². The van der Waals surface area contributed by atoms with Crippen LogP contribution in [0.5, 0.6) is 5.75 Å². The summed E-state index contributed by atoms with van der Waals surface area (Å²) in [5.74, 6) is 0.536. The van der Waals surface area contributed by atoms with Crippen molar-refractivity contribution in [1.29, 1.82) is 0 Å². The van der Waals surface area contributed by atoms with Crippen LogP contribution in [-0.4, -0.2) is 45.2 Å². The van der Waals surface area contributed by atoms with Gasteiger partial charge in [-0.05, 0) is 45.8 Å². The molecule has 2 rings (SSSR count). The standard InChI is InChI=1S/C16H26FN3O/c1-4-21-16-10-15(14(18)9-13(16)17)20(3)11-12-5-7-19(2)8-6-12/h9-10,12H,4-8,11,18H2,1-3H3. The van der Waals surface area contributed by atoms with E-state index in [1.54, 1.807) is 6.07 Å². The van der Waals surface area contributed by atoms with Crippen LogP contribution in [0.15, 0.2) is 12.1 Å². The lowest BCUT2D eigenvalue weighted by atomic mass is 9.96. The summed E-state index contributed by atoms with van der Waals surface area (Å²) in [6, 6.07) is 3.06. The SMILES string of the molecule is CCOc1cc(N(C)CC2CCN(C)CC2)c(N)cc1F. The summed E-state index contributed by atoms with van der Waals surface area (Å²) in [6.07, 6.45) is 2.39. The molecule has 1 aromatic rings. The van der Waals surface area contributed by atoms with Gasteiger partial charge in [-0.2, -0.15) is 0 Å². The number of likely N-dealkylation sites (tertiary alicyclic amines) is 1. The van der Waals surface area contributed by atoms with Gasteiger partial charge >= 0.3 is 0 Å². The minimum Gasteiger partial charge on any atom is -0.491 e. The quantitative estimate of drug-likeness (QED) is 0.848. The lowest BCUT2D eigenvalue weighted by Gasteiger charge is -2.33. The van der Waals surface area contributed by atoms with E-state index < -0.39 is 5.82 Å². The van der Waals surface area contributed by atoms with Crippen LogP contribution in [0.2, 0.25) is 0 Å². The summed E-state index contributed by atoms with van der Waals surface area (Å²) in [4.78, 5) is 4.48. The van der Waals surface area contributed by atoms with Gasteiger partial charge in [0.15, 0.2) is 11.6 Å². The first-order valence-corrected chi connectivity index (χ1v) is 7.62. The van der Waals surface area contributed by atoms with Crippen LogP contribution in [0.3, 0.4) is 0 Å².